The van der Waals surface area contributed by atoms with Crippen molar-refractivity contribution in [2.75, 3.05) is 5.75 Å². The van der Waals surface area contributed by atoms with Crippen molar-refractivity contribution in [2.45, 2.75) is 57.0 Å². The fourth-order valence-corrected chi connectivity index (χ4v) is 5.34. The summed E-state index contributed by atoms with van der Waals surface area (Å²) in [6, 6.07) is 10.1. The third kappa shape index (κ3) is 5.28. The van der Waals surface area contributed by atoms with E-state index >= 15 is 0 Å². The topological polar surface area (TPSA) is 80.4 Å². The summed E-state index contributed by atoms with van der Waals surface area (Å²) in [5.41, 5.74) is 0.886. The molecule has 0 bridgehead atoms. The summed E-state index contributed by atoms with van der Waals surface area (Å²) in [5.74, 6) is -1.08. The smallest absolute Gasteiger partial charge is 0.269 e. The van der Waals surface area contributed by atoms with Crippen molar-refractivity contribution in [3.8, 4) is 0 Å². The van der Waals surface area contributed by atoms with Crippen molar-refractivity contribution in [3.05, 3.63) is 69.5 Å². The Balaban J connectivity index is 0.00000145. The highest BCUT2D eigenvalue weighted by molar-refractivity contribution is 7.85. The van der Waals surface area contributed by atoms with E-state index in [2.05, 4.69) is 0 Å². The quantitative estimate of drug-likeness (QED) is 0.533. The Morgan fingerprint density at radius 1 is 1.24 bits per heavy atom. The number of aliphatic hydroxyl groups is 1. The van der Waals surface area contributed by atoms with Crippen LogP contribution < -0.4 is 0 Å². The lowest BCUT2D eigenvalue weighted by Crippen LogP contribution is -2.29. The second kappa shape index (κ2) is 10.6. The molecule has 3 rings (SSSR count). The lowest BCUT2D eigenvalue weighted by molar-refractivity contribution is -0.384. The van der Waals surface area contributed by atoms with Gasteiger partial charge < -0.3 is 5.11 Å². The van der Waals surface area contributed by atoms with E-state index in [9.17, 15) is 23.8 Å². The first-order valence-electron chi connectivity index (χ1n) is 10.0. The van der Waals surface area contributed by atoms with E-state index in [4.69, 9.17) is 0 Å². The average molecular weight is 422 g/mol. The summed E-state index contributed by atoms with van der Waals surface area (Å²) < 4.78 is 26.8. The lowest BCUT2D eigenvalue weighted by atomic mass is 9.80. The zero-order chi connectivity index (χ0) is 21.6. The number of unbranched alkanes of at least 4 members (excludes halogenated alkanes) is 1. The van der Waals surface area contributed by atoms with Crippen LogP contribution in [0.25, 0.3) is 0 Å². The van der Waals surface area contributed by atoms with Gasteiger partial charge in [0.15, 0.2) is 0 Å². The zero-order valence-corrected chi connectivity index (χ0v) is 17.8. The van der Waals surface area contributed by atoms with Crippen LogP contribution in [0.4, 0.5) is 10.1 Å². The molecule has 2 aromatic carbocycles. The van der Waals surface area contributed by atoms with Gasteiger partial charge in [-0.25, -0.2) is 4.39 Å². The molecule has 1 heterocycles. The molecule has 4 atom stereocenters. The summed E-state index contributed by atoms with van der Waals surface area (Å²) in [5, 5.41) is 22.3. The highest BCUT2D eigenvalue weighted by Crippen LogP contribution is 2.40. The Morgan fingerprint density at radius 3 is 2.62 bits per heavy atom. The SMILES string of the molecule is CC.CCCCC1CS(=O)c2ccc(F)cc2C(c2cccc([N+](=O)[O-])c2)C1O. The van der Waals surface area contributed by atoms with Gasteiger partial charge in [-0.3, -0.25) is 14.3 Å². The molecule has 0 aromatic heterocycles. The van der Waals surface area contributed by atoms with Crippen LogP contribution in [0.5, 0.6) is 0 Å². The van der Waals surface area contributed by atoms with Crippen molar-refractivity contribution in [1.29, 1.82) is 0 Å². The largest absolute Gasteiger partial charge is 0.392 e. The molecule has 1 aliphatic heterocycles. The van der Waals surface area contributed by atoms with E-state index in [0.717, 1.165) is 12.8 Å². The molecule has 7 heteroatoms. The van der Waals surface area contributed by atoms with Gasteiger partial charge in [-0.15, -0.1) is 0 Å². The summed E-state index contributed by atoms with van der Waals surface area (Å²) in [6.45, 7) is 6.04. The number of fused-ring (bicyclic) bond motifs is 1. The molecule has 1 aliphatic rings. The number of nitrogens with zero attached hydrogens (tertiary/aromatic N) is 1. The maximum atomic E-state index is 14.0. The number of hydrogen-bond acceptors (Lipinski definition) is 4. The predicted molar refractivity (Wildman–Crippen MR) is 113 cm³/mol. The average Bonchev–Trinajstić information content (AvgIpc) is 2.82. The van der Waals surface area contributed by atoms with Crippen LogP contribution in [0.15, 0.2) is 47.4 Å². The molecular formula is C22H28FNO4S. The van der Waals surface area contributed by atoms with Crippen molar-refractivity contribution in [2.24, 2.45) is 5.92 Å². The molecule has 1 N–H and O–H groups in total. The number of nitro benzene ring substituents is 1. The van der Waals surface area contributed by atoms with Gasteiger partial charge >= 0.3 is 0 Å². The minimum atomic E-state index is -1.36. The maximum absolute atomic E-state index is 14.0. The molecule has 0 saturated heterocycles. The van der Waals surface area contributed by atoms with Crippen LogP contribution in [0.1, 0.15) is 57.1 Å². The van der Waals surface area contributed by atoms with Crippen LogP contribution >= 0.6 is 0 Å². The van der Waals surface area contributed by atoms with Crippen molar-refractivity contribution < 1.29 is 18.6 Å². The van der Waals surface area contributed by atoms with E-state index in [-0.39, 0.29) is 11.6 Å². The first-order chi connectivity index (χ1) is 13.9. The van der Waals surface area contributed by atoms with Gasteiger partial charge in [0.25, 0.3) is 5.69 Å². The standard InChI is InChI=1S/C20H22FNO4S.C2H6/c1-2-3-5-14-12-27(26)18-9-8-15(21)11-17(18)19(20(14)23)13-6-4-7-16(10-13)22(24)25;1-2/h4,6-11,14,19-20,23H,2-3,5,12H2,1H3;1-2H3. The molecule has 5 nitrogen and oxygen atoms in total. The van der Waals surface area contributed by atoms with Crippen LogP contribution in [0.2, 0.25) is 0 Å². The zero-order valence-electron chi connectivity index (χ0n) is 17.0. The fraction of sp³-hybridized carbons (Fsp3) is 0.455. The van der Waals surface area contributed by atoms with Gasteiger partial charge in [0, 0.05) is 28.7 Å². The Morgan fingerprint density at radius 2 is 1.97 bits per heavy atom. The minimum absolute atomic E-state index is 0.0897. The van der Waals surface area contributed by atoms with Crippen LogP contribution in [-0.4, -0.2) is 26.1 Å². The summed E-state index contributed by atoms with van der Waals surface area (Å²) in [7, 11) is -1.36. The second-order valence-corrected chi connectivity index (χ2v) is 8.38. The number of non-ortho nitro benzene ring substituents is 1. The van der Waals surface area contributed by atoms with E-state index < -0.39 is 33.6 Å². The predicted octanol–water partition coefficient (Wildman–Crippen LogP) is 5.18. The molecule has 0 fully saturated rings. The summed E-state index contributed by atoms with van der Waals surface area (Å²) in [4.78, 5) is 11.2. The highest BCUT2D eigenvalue weighted by Gasteiger charge is 2.37. The molecule has 4 unspecified atom stereocenters. The van der Waals surface area contributed by atoms with Crippen molar-refractivity contribution in [3.63, 3.8) is 0 Å². The summed E-state index contributed by atoms with van der Waals surface area (Å²) in [6.07, 6.45) is 1.63. The number of hydrogen-bond donors (Lipinski definition) is 1. The Bertz CT molecular complexity index is 874. The molecule has 0 aliphatic carbocycles. The number of nitro groups is 1. The molecule has 2 aromatic rings. The number of halogens is 1. The minimum Gasteiger partial charge on any atom is -0.392 e. The normalized spacial score (nSPS) is 23.3. The third-order valence-electron chi connectivity index (χ3n) is 5.11. The van der Waals surface area contributed by atoms with Crippen LogP contribution in [-0.2, 0) is 10.8 Å². The molecule has 158 valence electrons. The van der Waals surface area contributed by atoms with E-state index in [0.29, 0.717) is 28.2 Å². The third-order valence-corrected chi connectivity index (χ3v) is 6.70. The van der Waals surface area contributed by atoms with Crippen molar-refractivity contribution in [1.82, 2.24) is 0 Å². The van der Waals surface area contributed by atoms with E-state index in [1.165, 1.54) is 30.3 Å². The highest BCUT2D eigenvalue weighted by atomic mass is 32.2. The molecule has 0 saturated carbocycles. The molecule has 0 spiro atoms. The lowest BCUT2D eigenvalue weighted by Gasteiger charge is -2.28. The first kappa shape index (κ1) is 23.2. The summed E-state index contributed by atoms with van der Waals surface area (Å²) >= 11 is 0. The second-order valence-electron chi connectivity index (χ2n) is 6.92. The molecule has 0 radical (unpaired) electrons. The molecule has 0 amide bonds. The number of rotatable bonds is 5. The van der Waals surface area contributed by atoms with E-state index in [1.807, 2.05) is 20.8 Å². The first-order valence-corrected chi connectivity index (χ1v) is 11.3. The van der Waals surface area contributed by atoms with Gasteiger partial charge in [-0.1, -0.05) is 45.7 Å². The number of benzene rings is 2. The Labute approximate surface area is 173 Å². The van der Waals surface area contributed by atoms with Crippen LogP contribution in [0, 0.1) is 21.8 Å². The molecular weight excluding hydrogens is 393 g/mol. The number of aliphatic hydroxyl groups excluding tert-OH is 1. The van der Waals surface area contributed by atoms with Gasteiger partial charge in [-0.2, -0.15) is 0 Å². The van der Waals surface area contributed by atoms with E-state index in [1.54, 1.807) is 12.1 Å². The monoisotopic (exact) mass is 421 g/mol. The van der Waals surface area contributed by atoms with Gasteiger partial charge in [-0.05, 0) is 41.7 Å². The Hall–Kier alpha value is -2.12. The van der Waals surface area contributed by atoms with Crippen LogP contribution in [0.3, 0.4) is 0 Å². The molecule has 29 heavy (non-hydrogen) atoms. The van der Waals surface area contributed by atoms with Gasteiger partial charge in [0.05, 0.1) is 21.8 Å². The Kier molecular flexibility index (Phi) is 8.46. The van der Waals surface area contributed by atoms with Gasteiger partial charge in [0.1, 0.15) is 5.82 Å². The maximum Gasteiger partial charge on any atom is 0.269 e. The fourth-order valence-electron chi connectivity index (χ4n) is 3.74. The van der Waals surface area contributed by atoms with Crippen molar-refractivity contribution >= 4 is 16.5 Å². The van der Waals surface area contributed by atoms with Gasteiger partial charge in [0.2, 0.25) is 0 Å².